The maximum atomic E-state index is 13.2. The van der Waals surface area contributed by atoms with E-state index in [0.717, 1.165) is 18.3 Å². The number of carbonyl (C=O) groups excluding carboxylic acids is 2. The lowest BCUT2D eigenvalue weighted by Crippen LogP contribution is -2.45. The van der Waals surface area contributed by atoms with Gasteiger partial charge in [-0.15, -0.1) is 6.58 Å². The summed E-state index contributed by atoms with van der Waals surface area (Å²) >= 11 is 2.13. The van der Waals surface area contributed by atoms with Crippen molar-refractivity contribution in [2.24, 2.45) is 0 Å². The molecule has 3 rings (SSSR count). The molecule has 0 saturated carbocycles. The van der Waals surface area contributed by atoms with Gasteiger partial charge < -0.3 is 0 Å². The average molecular weight is 510 g/mol. The van der Waals surface area contributed by atoms with Crippen LogP contribution in [0.2, 0.25) is 0 Å². The molecule has 1 aliphatic rings. The number of rotatable bonds is 6. The van der Waals surface area contributed by atoms with E-state index in [1.165, 1.54) is 18.2 Å². The summed E-state index contributed by atoms with van der Waals surface area (Å²) in [5, 5.41) is 0. The molecule has 1 saturated heterocycles. The minimum Gasteiger partial charge on any atom is -0.274 e. The first kappa shape index (κ1) is 20.7. The summed E-state index contributed by atoms with van der Waals surface area (Å²) in [7, 11) is -3.97. The quantitative estimate of drug-likeness (QED) is 0.340. The molecule has 1 unspecified atom stereocenters. The second-order valence-electron chi connectivity index (χ2n) is 6.44. The molecule has 1 fully saturated rings. The Morgan fingerprint density at radius 2 is 1.75 bits per heavy atom. The molecule has 28 heavy (non-hydrogen) atoms. The van der Waals surface area contributed by atoms with E-state index >= 15 is 0 Å². The van der Waals surface area contributed by atoms with Gasteiger partial charge in [-0.25, -0.2) is 13.3 Å². The first-order valence-electron chi connectivity index (χ1n) is 8.57. The fourth-order valence-electron chi connectivity index (χ4n) is 3.07. The summed E-state index contributed by atoms with van der Waals surface area (Å²) < 4.78 is 28.3. The van der Waals surface area contributed by atoms with Gasteiger partial charge in [-0.1, -0.05) is 23.8 Å². The van der Waals surface area contributed by atoms with Gasteiger partial charge in [0.1, 0.15) is 6.04 Å². The van der Waals surface area contributed by atoms with Crippen LogP contribution >= 0.6 is 22.6 Å². The number of aryl methyl sites for hydroxylation is 1. The zero-order chi connectivity index (χ0) is 20.5. The summed E-state index contributed by atoms with van der Waals surface area (Å²) in [6, 6.07) is 12.2. The SMILES string of the molecule is C=CCN(C1CC(=O)N(c2ccc(I)cc2)C1=O)S(=O)(=O)c1ccc(C)cc1. The predicted molar refractivity (Wildman–Crippen MR) is 115 cm³/mol. The third-order valence-corrected chi connectivity index (χ3v) is 7.10. The van der Waals surface area contributed by atoms with E-state index in [0.29, 0.717) is 5.69 Å². The number of anilines is 1. The normalized spacial score (nSPS) is 17.4. The van der Waals surface area contributed by atoms with Crippen molar-refractivity contribution >= 4 is 50.1 Å². The molecule has 6 nitrogen and oxygen atoms in total. The first-order chi connectivity index (χ1) is 13.3. The number of halogens is 1. The molecule has 0 aromatic heterocycles. The van der Waals surface area contributed by atoms with Gasteiger partial charge in [0.2, 0.25) is 15.9 Å². The number of imide groups is 1. The van der Waals surface area contributed by atoms with Crippen molar-refractivity contribution in [3.05, 3.63) is 70.3 Å². The molecule has 0 radical (unpaired) electrons. The van der Waals surface area contributed by atoms with Crippen LogP contribution in [-0.4, -0.2) is 37.1 Å². The zero-order valence-corrected chi connectivity index (χ0v) is 18.2. The Kier molecular flexibility index (Phi) is 6.01. The summed E-state index contributed by atoms with van der Waals surface area (Å²) in [6.07, 6.45) is 1.21. The van der Waals surface area contributed by atoms with Crippen molar-refractivity contribution in [2.75, 3.05) is 11.4 Å². The van der Waals surface area contributed by atoms with Crippen molar-refractivity contribution in [3.8, 4) is 0 Å². The topological polar surface area (TPSA) is 74.8 Å². The number of benzene rings is 2. The van der Waals surface area contributed by atoms with Gasteiger partial charge in [0.25, 0.3) is 5.91 Å². The number of nitrogens with zero attached hydrogens (tertiary/aromatic N) is 2. The van der Waals surface area contributed by atoms with E-state index in [4.69, 9.17) is 0 Å². The highest BCUT2D eigenvalue weighted by Gasteiger charge is 2.46. The van der Waals surface area contributed by atoms with Gasteiger partial charge in [0.15, 0.2) is 0 Å². The molecule has 2 aromatic carbocycles. The van der Waals surface area contributed by atoms with Crippen LogP contribution in [0, 0.1) is 10.5 Å². The predicted octanol–water partition coefficient (Wildman–Crippen LogP) is 3.11. The van der Waals surface area contributed by atoms with Gasteiger partial charge in [0, 0.05) is 10.1 Å². The van der Waals surface area contributed by atoms with Gasteiger partial charge in [-0.05, 0) is 65.9 Å². The van der Waals surface area contributed by atoms with E-state index in [1.54, 1.807) is 36.4 Å². The van der Waals surface area contributed by atoms with E-state index in [2.05, 4.69) is 29.2 Å². The van der Waals surface area contributed by atoms with E-state index in [9.17, 15) is 18.0 Å². The monoisotopic (exact) mass is 510 g/mol. The van der Waals surface area contributed by atoms with Gasteiger partial charge in [-0.3, -0.25) is 9.59 Å². The molecule has 0 aliphatic carbocycles. The number of hydrogen-bond donors (Lipinski definition) is 0. The molecule has 1 aliphatic heterocycles. The Morgan fingerprint density at radius 1 is 1.14 bits per heavy atom. The van der Waals surface area contributed by atoms with Gasteiger partial charge >= 0.3 is 0 Å². The molecule has 1 heterocycles. The zero-order valence-electron chi connectivity index (χ0n) is 15.2. The molecule has 8 heteroatoms. The Bertz CT molecular complexity index is 1020. The van der Waals surface area contributed by atoms with Crippen LogP contribution in [0.15, 0.2) is 66.1 Å². The number of sulfonamides is 1. The Hall–Kier alpha value is -2.04. The minimum atomic E-state index is -3.97. The third kappa shape index (κ3) is 3.89. The standard InChI is InChI=1S/C20H19IN2O4S/c1-3-12-22(28(26,27)17-10-4-14(2)5-11-17)18-13-19(24)23(20(18)25)16-8-6-15(21)7-9-16/h3-11,18H,1,12-13H2,2H3. The lowest BCUT2D eigenvalue weighted by Gasteiger charge is -2.25. The molecule has 1 atom stereocenters. The number of carbonyl (C=O) groups is 2. The molecule has 146 valence electrons. The smallest absolute Gasteiger partial charge is 0.252 e. The van der Waals surface area contributed by atoms with E-state index in [1.807, 2.05) is 6.92 Å². The number of hydrogen-bond acceptors (Lipinski definition) is 4. The maximum absolute atomic E-state index is 13.2. The van der Waals surface area contributed by atoms with Crippen molar-refractivity contribution in [1.82, 2.24) is 4.31 Å². The molecule has 0 N–H and O–H groups in total. The van der Waals surface area contributed by atoms with Crippen LogP contribution in [0.3, 0.4) is 0 Å². The van der Waals surface area contributed by atoms with Crippen LogP contribution in [0.5, 0.6) is 0 Å². The highest BCUT2D eigenvalue weighted by Crippen LogP contribution is 2.29. The van der Waals surface area contributed by atoms with Crippen molar-refractivity contribution in [2.45, 2.75) is 24.3 Å². The molecule has 0 bridgehead atoms. The van der Waals surface area contributed by atoms with Crippen molar-refractivity contribution < 1.29 is 18.0 Å². The maximum Gasteiger partial charge on any atom is 0.252 e. The molecule has 2 aromatic rings. The Morgan fingerprint density at radius 3 is 2.32 bits per heavy atom. The lowest BCUT2D eigenvalue weighted by molar-refractivity contribution is -0.122. The Labute approximate surface area is 178 Å². The second-order valence-corrected chi connectivity index (χ2v) is 9.58. The van der Waals surface area contributed by atoms with Crippen molar-refractivity contribution in [1.29, 1.82) is 0 Å². The fourth-order valence-corrected chi connectivity index (χ4v) is 4.98. The highest BCUT2D eigenvalue weighted by atomic mass is 127. The minimum absolute atomic E-state index is 0.0690. The summed E-state index contributed by atoms with van der Waals surface area (Å²) in [5.74, 6) is -0.979. The highest BCUT2D eigenvalue weighted by molar-refractivity contribution is 14.1. The van der Waals surface area contributed by atoms with Gasteiger partial charge in [-0.2, -0.15) is 4.31 Å². The average Bonchev–Trinajstić information content (AvgIpc) is 2.95. The van der Waals surface area contributed by atoms with Crippen LogP contribution in [0.25, 0.3) is 0 Å². The van der Waals surface area contributed by atoms with Crippen LogP contribution in [0.4, 0.5) is 5.69 Å². The lowest BCUT2D eigenvalue weighted by atomic mass is 10.2. The number of amides is 2. The Balaban J connectivity index is 1.97. The van der Waals surface area contributed by atoms with Gasteiger partial charge in [0.05, 0.1) is 17.0 Å². The molecular weight excluding hydrogens is 491 g/mol. The van der Waals surface area contributed by atoms with Crippen LogP contribution in [0.1, 0.15) is 12.0 Å². The van der Waals surface area contributed by atoms with Crippen LogP contribution in [-0.2, 0) is 19.6 Å². The summed E-state index contributed by atoms with van der Waals surface area (Å²) in [4.78, 5) is 26.7. The summed E-state index contributed by atoms with van der Waals surface area (Å²) in [6.45, 7) is 5.40. The molecule has 2 amide bonds. The molecule has 0 spiro atoms. The van der Waals surface area contributed by atoms with Crippen LogP contribution < -0.4 is 4.90 Å². The second kappa shape index (κ2) is 8.14. The van der Waals surface area contributed by atoms with E-state index < -0.39 is 27.9 Å². The first-order valence-corrected chi connectivity index (χ1v) is 11.1. The van der Waals surface area contributed by atoms with E-state index in [-0.39, 0.29) is 17.9 Å². The molecular formula is C20H19IN2O4S. The summed E-state index contributed by atoms with van der Waals surface area (Å²) in [5.41, 5.74) is 1.36. The third-order valence-electron chi connectivity index (χ3n) is 4.49. The fraction of sp³-hybridized carbons (Fsp3) is 0.200. The van der Waals surface area contributed by atoms with Crippen molar-refractivity contribution in [3.63, 3.8) is 0 Å². The largest absolute Gasteiger partial charge is 0.274 e.